The quantitative estimate of drug-likeness (QED) is 0.136. The molecule has 0 bridgehead atoms. The summed E-state index contributed by atoms with van der Waals surface area (Å²) >= 11 is 1.86. The van der Waals surface area contributed by atoms with Crippen molar-refractivity contribution in [3.8, 4) is 11.1 Å². The molecule has 1 nitrogen and oxygen atoms in total. The van der Waals surface area contributed by atoms with Gasteiger partial charge in [-0.25, -0.2) is 0 Å². The van der Waals surface area contributed by atoms with Crippen LogP contribution in [0, 0.1) is 0 Å². The largest absolute Gasteiger partial charge is 0.455 e. The topological polar surface area (TPSA) is 13.1 Å². The molecule has 236 valence electrons. The van der Waals surface area contributed by atoms with E-state index in [4.69, 9.17) is 4.42 Å². The number of hydrogen-bond acceptors (Lipinski definition) is 2. The van der Waals surface area contributed by atoms with Crippen molar-refractivity contribution < 1.29 is 4.42 Å². The van der Waals surface area contributed by atoms with Crippen LogP contribution in [0.25, 0.3) is 96.7 Å². The molecule has 2 heterocycles. The van der Waals surface area contributed by atoms with E-state index in [1.54, 1.807) is 0 Å². The van der Waals surface area contributed by atoms with Crippen LogP contribution in [0.2, 0.25) is 0 Å². The van der Waals surface area contributed by atoms with Gasteiger partial charge in [-0.2, -0.15) is 0 Å². The van der Waals surface area contributed by atoms with E-state index in [0.29, 0.717) is 0 Å². The fourth-order valence-electron chi connectivity index (χ4n) is 8.00. The van der Waals surface area contributed by atoms with Gasteiger partial charge in [-0.1, -0.05) is 133 Å². The Labute approximate surface area is 294 Å². The minimum atomic E-state index is 0.936. The zero-order valence-corrected chi connectivity index (χ0v) is 28.6. The predicted octanol–water partition coefficient (Wildman–Crippen LogP) is 14.6. The number of fused-ring (bicyclic) bond motifs is 11. The van der Waals surface area contributed by atoms with E-state index in [-0.39, 0.29) is 0 Å². The lowest BCUT2D eigenvalue weighted by Gasteiger charge is -2.17. The lowest BCUT2D eigenvalue weighted by atomic mass is 9.86. The molecule has 0 aliphatic carbocycles. The minimum Gasteiger partial charge on any atom is -0.455 e. The Bertz CT molecular complexity index is 2990. The lowest BCUT2D eigenvalue weighted by molar-refractivity contribution is 0.673. The third kappa shape index (κ3) is 4.39. The van der Waals surface area contributed by atoms with Crippen LogP contribution in [-0.2, 0) is 0 Å². The first-order valence-corrected chi connectivity index (χ1v) is 18.0. The normalized spacial score (nSPS) is 12.8. The highest BCUT2D eigenvalue weighted by atomic mass is 32.1. The molecule has 10 aromatic rings. The van der Waals surface area contributed by atoms with Crippen molar-refractivity contribution in [1.82, 2.24) is 0 Å². The van der Waals surface area contributed by atoms with E-state index < -0.39 is 0 Å². The third-order valence-corrected chi connectivity index (χ3v) is 11.5. The Balaban J connectivity index is 1.10. The lowest BCUT2D eigenvalue weighted by Crippen LogP contribution is -1.92. The molecular weight excluding hydrogens is 625 g/mol. The molecule has 2 aromatic heterocycles. The van der Waals surface area contributed by atoms with Crippen LogP contribution in [0.1, 0.15) is 25.0 Å². The molecule has 8 aromatic carbocycles. The zero-order chi connectivity index (χ0) is 33.3. The zero-order valence-electron chi connectivity index (χ0n) is 27.8. The second-order valence-corrected chi connectivity index (χ2v) is 14.4. The van der Waals surface area contributed by atoms with E-state index in [9.17, 15) is 0 Å². The molecule has 0 aliphatic rings. The van der Waals surface area contributed by atoms with Gasteiger partial charge < -0.3 is 4.42 Å². The SMILES string of the molecule is C/C(=C\C=C(/C)c1c2ccccc2c(-c2ccccc2)c2ccccc12)c1ccc2c(c1)sc1ccc3ccc4c5ccccc5oc4c3c12. The van der Waals surface area contributed by atoms with Crippen LogP contribution < -0.4 is 0 Å². The van der Waals surface area contributed by atoms with Crippen molar-refractivity contribution in [2.45, 2.75) is 13.8 Å². The fourth-order valence-corrected chi connectivity index (χ4v) is 9.15. The first-order valence-electron chi connectivity index (χ1n) is 17.2. The summed E-state index contributed by atoms with van der Waals surface area (Å²) in [4.78, 5) is 0. The Morgan fingerprint density at radius 2 is 1.12 bits per heavy atom. The highest BCUT2D eigenvalue weighted by Crippen LogP contribution is 2.45. The van der Waals surface area contributed by atoms with Gasteiger partial charge in [0.15, 0.2) is 0 Å². The molecule has 50 heavy (non-hydrogen) atoms. The maximum absolute atomic E-state index is 6.52. The van der Waals surface area contributed by atoms with Gasteiger partial charge in [-0.05, 0) is 98.4 Å². The van der Waals surface area contributed by atoms with Crippen LogP contribution in [0.15, 0.2) is 162 Å². The molecule has 10 rings (SSSR count). The summed E-state index contributed by atoms with van der Waals surface area (Å²) in [6.07, 6.45) is 4.58. The molecule has 0 N–H and O–H groups in total. The van der Waals surface area contributed by atoms with Crippen LogP contribution in [0.5, 0.6) is 0 Å². The highest BCUT2D eigenvalue weighted by molar-refractivity contribution is 7.26. The van der Waals surface area contributed by atoms with Gasteiger partial charge in [0, 0.05) is 36.3 Å². The van der Waals surface area contributed by atoms with Gasteiger partial charge >= 0.3 is 0 Å². The average molecular weight is 657 g/mol. The van der Waals surface area contributed by atoms with E-state index >= 15 is 0 Å². The number of hydrogen-bond donors (Lipinski definition) is 0. The molecule has 0 saturated carbocycles. The third-order valence-electron chi connectivity index (χ3n) is 10.4. The van der Waals surface area contributed by atoms with Gasteiger partial charge in [-0.15, -0.1) is 11.3 Å². The Morgan fingerprint density at radius 1 is 0.500 bits per heavy atom. The summed E-state index contributed by atoms with van der Waals surface area (Å²) < 4.78 is 9.09. The van der Waals surface area contributed by atoms with E-state index in [0.717, 1.165) is 11.2 Å². The van der Waals surface area contributed by atoms with E-state index in [1.807, 2.05) is 17.4 Å². The van der Waals surface area contributed by atoms with Crippen molar-refractivity contribution in [1.29, 1.82) is 0 Å². The van der Waals surface area contributed by atoms with Crippen molar-refractivity contribution in [2.24, 2.45) is 0 Å². The number of benzene rings is 8. The second-order valence-electron chi connectivity index (χ2n) is 13.3. The number of rotatable bonds is 4. The Hall–Kier alpha value is -5.96. The minimum absolute atomic E-state index is 0.936. The van der Waals surface area contributed by atoms with Crippen molar-refractivity contribution >= 4 is 96.9 Å². The van der Waals surface area contributed by atoms with Crippen LogP contribution >= 0.6 is 11.3 Å². The summed E-state index contributed by atoms with van der Waals surface area (Å²) in [5, 5.41) is 12.4. The summed E-state index contributed by atoms with van der Waals surface area (Å²) in [5.41, 5.74) is 9.48. The van der Waals surface area contributed by atoms with Gasteiger partial charge in [0.2, 0.25) is 0 Å². The number of para-hydroxylation sites is 1. The van der Waals surface area contributed by atoms with Gasteiger partial charge in [0.1, 0.15) is 11.2 Å². The molecular formula is C48H32OS. The average Bonchev–Trinajstić information content (AvgIpc) is 3.74. The Kier molecular flexibility index (Phi) is 6.55. The fraction of sp³-hybridized carbons (Fsp3) is 0.0417. The Morgan fingerprint density at radius 3 is 1.88 bits per heavy atom. The van der Waals surface area contributed by atoms with Gasteiger partial charge in [0.25, 0.3) is 0 Å². The van der Waals surface area contributed by atoms with Gasteiger partial charge in [-0.3, -0.25) is 0 Å². The predicted molar refractivity (Wildman–Crippen MR) is 218 cm³/mol. The summed E-state index contributed by atoms with van der Waals surface area (Å²) in [7, 11) is 0. The van der Waals surface area contributed by atoms with Crippen LogP contribution in [0.4, 0.5) is 0 Å². The van der Waals surface area contributed by atoms with Gasteiger partial charge in [0.05, 0.1) is 0 Å². The highest BCUT2D eigenvalue weighted by Gasteiger charge is 2.17. The molecule has 0 amide bonds. The van der Waals surface area contributed by atoms with Crippen molar-refractivity contribution in [2.75, 3.05) is 0 Å². The molecule has 2 heteroatoms. The molecule has 0 atom stereocenters. The number of furan rings is 1. The summed E-state index contributed by atoms with van der Waals surface area (Å²) in [5.74, 6) is 0. The maximum Gasteiger partial charge on any atom is 0.143 e. The molecule has 0 aliphatic heterocycles. The van der Waals surface area contributed by atoms with Crippen LogP contribution in [-0.4, -0.2) is 0 Å². The molecule has 0 radical (unpaired) electrons. The van der Waals surface area contributed by atoms with Crippen molar-refractivity contribution in [3.63, 3.8) is 0 Å². The summed E-state index contributed by atoms with van der Waals surface area (Å²) in [6, 6.07) is 52.7. The monoisotopic (exact) mass is 656 g/mol. The first kappa shape index (κ1) is 29.0. The molecule has 0 fully saturated rings. The second kappa shape index (κ2) is 11.3. The van der Waals surface area contributed by atoms with E-state index in [2.05, 4.69) is 166 Å². The number of allylic oxidation sites excluding steroid dienone is 4. The van der Waals surface area contributed by atoms with Crippen LogP contribution in [0.3, 0.4) is 0 Å². The number of thiophene rings is 1. The summed E-state index contributed by atoms with van der Waals surface area (Å²) in [6.45, 7) is 4.47. The standard InChI is InChI=1S/C48H32OS/c1-29(20-21-30(2)44-35-15-6-8-17-37(35)45(31-12-4-3-5-13-31)38-18-9-7-16-36(38)44)33-23-26-40-43(28-33)50-42-27-24-32-22-25-39-34-14-10-11-19-41(34)49-48(39)46(32)47(40)42/h3-28H,1-2H3/b29-20+,30-21+. The molecule has 0 saturated heterocycles. The maximum atomic E-state index is 6.52. The smallest absolute Gasteiger partial charge is 0.143 e. The van der Waals surface area contributed by atoms with E-state index in [1.165, 1.54) is 96.7 Å². The first-order chi connectivity index (χ1) is 24.6. The molecule has 0 unspecified atom stereocenters. The molecule has 0 spiro atoms. The van der Waals surface area contributed by atoms with Crippen molar-refractivity contribution in [3.05, 3.63) is 169 Å².